The maximum absolute atomic E-state index is 6.34. The molecule has 0 radical (unpaired) electrons. The van der Waals surface area contributed by atoms with E-state index in [-0.39, 0.29) is 12.1 Å². The number of nitrogen functional groups attached to an aromatic ring is 1. The lowest BCUT2D eigenvalue weighted by Gasteiger charge is -2.27. The molecule has 0 fully saturated rings. The van der Waals surface area contributed by atoms with E-state index in [1.165, 1.54) is 17.5 Å². The molecule has 4 aromatic rings. The van der Waals surface area contributed by atoms with Crippen molar-refractivity contribution in [2.24, 2.45) is 0 Å². The van der Waals surface area contributed by atoms with Crippen LogP contribution in [0.5, 0.6) is 0 Å². The highest BCUT2D eigenvalue weighted by Crippen LogP contribution is 2.28. The van der Waals surface area contributed by atoms with E-state index in [9.17, 15) is 0 Å². The maximum atomic E-state index is 6.34. The van der Waals surface area contributed by atoms with Gasteiger partial charge in [0.05, 0.1) is 25.1 Å². The van der Waals surface area contributed by atoms with Crippen LogP contribution in [-0.4, -0.2) is 25.6 Å². The molecule has 0 saturated carbocycles. The van der Waals surface area contributed by atoms with E-state index in [1.54, 1.807) is 0 Å². The van der Waals surface area contributed by atoms with Crippen LogP contribution in [0.15, 0.2) is 67.3 Å². The summed E-state index contributed by atoms with van der Waals surface area (Å²) in [6, 6.07) is 18.9. The zero-order valence-electron chi connectivity index (χ0n) is 18.1. The van der Waals surface area contributed by atoms with E-state index in [0.29, 0.717) is 17.9 Å². The molecule has 0 spiro atoms. The molecule has 160 valence electrons. The van der Waals surface area contributed by atoms with Crippen molar-refractivity contribution in [3.8, 4) is 0 Å². The molecule has 0 amide bonds. The van der Waals surface area contributed by atoms with Gasteiger partial charge in [-0.15, -0.1) is 0 Å². The van der Waals surface area contributed by atoms with Crippen molar-refractivity contribution in [3.63, 3.8) is 0 Å². The summed E-state index contributed by atoms with van der Waals surface area (Å²) in [5, 5.41) is 0. The first-order chi connectivity index (χ1) is 15.2. The Morgan fingerprint density at radius 1 is 0.968 bits per heavy atom. The van der Waals surface area contributed by atoms with Gasteiger partial charge in [-0.05, 0) is 36.5 Å². The van der Waals surface area contributed by atoms with E-state index in [1.807, 2.05) is 24.5 Å². The summed E-state index contributed by atoms with van der Waals surface area (Å²) in [7, 11) is 0. The first-order valence-corrected chi connectivity index (χ1v) is 10.8. The second-order valence-electron chi connectivity index (χ2n) is 7.87. The Morgan fingerprint density at radius 2 is 1.71 bits per heavy atom. The van der Waals surface area contributed by atoms with E-state index in [0.717, 1.165) is 30.5 Å². The normalized spacial score (nSPS) is 13.4. The minimum Gasteiger partial charge on any atom is -0.382 e. The summed E-state index contributed by atoms with van der Waals surface area (Å²) in [5.41, 5.74) is 11.3. The molecule has 0 aliphatic heterocycles. The lowest BCUT2D eigenvalue weighted by atomic mass is 9.95. The second kappa shape index (κ2) is 9.71. The number of nitrogens with zero attached hydrogens (tertiary/aromatic N) is 4. The number of imidazole rings is 1. The Hall–Kier alpha value is -3.25. The Morgan fingerprint density at radius 3 is 2.48 bits per heavy atom. The van der Waals surface area contributed by atoms with Gasteiger partial charge in [0.15, 0.2) is 11.5 Å². The van der Waals surface area contributed by atoms with Gasteiger partial charge in [-0.2, -0.15) is 0 Å². The molecule has 6 heteroatoms. The monoisotopic (exact) mass is 415 g/mol. The maximum Gasteiger partial charge on any atom is 0.165 e. The first-order valence-electron chi connectivity index (χ1n) is 10.8. The van der Waals surface area contributed by atoms with Crippen LogP contribution >= 0.6 is 0 Å². The number of fused-ring (bicyclic) bond motifs is 1. The van der Waals surface area contributed by atoms with E-state index >= 15 is 0 Å². The zero-order chi connectivity index (χ0) is 21.6. The van der Waals surface area contributed by atoms with Crippen LogP contribution in [0.2, 0.25) is 0 Å². The molecule has 0 aliphatic carbocycles. The largest absolute Gasteiger partial charge is 0.382 e. The molecule has 0 bridgehead atoms. The number of hydrogen-bond acceptors (Lipinski definition) is 5. The summed E-state index contributed by atoms with van der Waals surface area (Å²) < 4.78 is 8.43. The molecule has 0 aliphatic rings. The zero-order valence-corrected chi connectivity index (χ0v) is 18.1. The van der Waals surface area contributed by atoms with Crippen molar-refractivity contribution >= 4 is 17.0 Å². The molecule has 31 heavy (non-hydrogen) atoms. The molecule has 6 nitrogen and oxygen atoms in total. The molecule has 0 saturated heterocycles. The van der Waals surface area contributed by atoms with Gasteiger partial charge >= 0.3 is 0 Å². The number of anilines is 1. The van der Waals surface area contributed by atoms with Gasteiger partial charge in [0.1, 0.15) is 11.8 Å². The standard InChI is InChI=1S/C25H29N5O/c1-3-9-20-12-7-8-13-21(20)14-22(18(2)31-15-19-10-5-4-6-11-19)30-17-29-23-24(26)27-16-28-25(23)30/h4-8,10-13,16-18,22H,3,9,14-15H2,1-2H3,(H2,26,27,28)/t18-,22+/m0/s1. The van der Waals surface area contributed by atoms with Gasteiger partial charge in [-0.1, -0.05) is 67.9 Å². The predicted octanol–water partition coefficient (Wildman–Crippen LogP) is 4.75. The van der Waals surface area contributed by atoms with Crippen LogP contribution < -0.4 is 5.73 Å². The minimum absolute atomic E-state index is 0.0148. The van der Waals surface area contributed by atoms with E-state index in [2.05, 4.69) is 69.8 Å². The molecule has 2 atom stereocenters. The fraction of sp³-hybridized carbons (Fsp3) is 0.320. The fourth-order valence-corrected chi connectivity index (χ4v) is 4.01. The topological polar surface area (TPSA) is 78.9 Å². The van der Waals surface area contributed by atoms with E-state index in [4.69, 9.17) is 10.5 Å². The van der Waals surface area contributed by atoms with E-state index < -0.39 is 0 Å². The molecule has 0 unspecified atom stereocenters. The van der Waals surface area contributed by atoms with Gasteiger partial charge in [0.2, 0.25) is 0 Å². The lowest BCUT2D eigenvalue weighted by molar-refractivity contribution is 0.0180. The first kappa shape index (κ1) is 21.0. The highest BCUT2D eigenvalue weighted by atomic mass is 16.5. The van der Waals surface area contributed by atoms with Crippen LogP contribution in [-0.2, 0) is 24.2 Å². The highest BCUT2D eigenvalue weighted by molar-refractivity contribution is 5.81. The average Bonchev–Trinajstić information content (AvgIpc) is 3.23. The van der Waals surface area contributed by atoms with Crippen molar-refractivity contribution in [3.05, 3.63) is 83.9 Å². The van der Waals surface area contributed by atoms with Crippen LogP contribution in [0.1, 0.15) is 43.0 Å². The summed E-state index contributed by atoms with van der Waals surface area (Å²) in [6.45, 7) is 4.88. The summed E-state index contributed by atoms with van der Waals surface area (Å²) in [5.74, 6) is 0.395. The quantitative estimate of drug-likeness (QED) is 0.427. The summed E-state index contributed by atoms with van der Waals surface area (Å²) in [6.07, 6.45) is 6.23. The molecule has 2 heterocycles. The van der Waals surface area contributed by atoms with Gasteiger partial charge in [-0.25, -0.2) is 15.0 Å². The summed E-state index contributed by atoms with van der Waals surface area (Å²) >= 11 is 0. The van der Waals surface area contributed by atoms with Crippen molar-refractivity contribution in [2.45, 2.75) is 51.9 Å². The van der Waals surface area contributed by atoms with Crippen LogP contribution in [0, 0.1) is 0 Å². The van der Waals surface area contributed by atoms with Crippen LogP contribution in [0.4, 0.5) is 5.82 Å². The van der Waals surface area contributed by atoms with Crippen molar-refractivity contribution in [1.82, 2.24) is 19.5 Å². The number of hydrogen-bond donors (Lipinski definition) is 1. The number of rotatable bonds is 9. The number of nitrogens with two attached hydrogens (primary N) is 1. The Balaban J connectivity index is 1.67. The number of benzene rings is 2. The number of ether oxygens (including phenoxy) is 1. The molecular formula is C25H29N5O. The minimum atomic E-state index is -0.0662. The third kappa shape index (κ3) is 4.75. The molecular weight excluding hydrogens is 386 g/mol. The van der Waals surface area contributed by atoms with Crippen LogP contribution in [0.25, 0.3) is 11.2 Å². The van der Waals surface area contributed by atoms with Gasteiger partial charge in [-0.3, -0.25) is 0 Å². The predicted molar refractivity (Wildman–Crippen MR) is 124 cm³/mol. The van der Waals surface area contributed by atoms with Crippen molar-refractivity contribution in [2.75, 3.05) is 5.73 Å². The third-order valence-electron chi connectivity index (χ3n) is 5.71. The SMILES string of the molecule is CCCc1ccccc1C[C@H]([C@H](C)OCc1ccccc1)n1cnc2c(N)ncnc21. The molecule has 4 rings (SSSR count). The van der Waals surface area contributed by atoms with Crippen LogP contribution in [0.3, 0.4) is 0 Å². The highest BCUT2D eigenvalue weighted by Gasteiger charge is 2.24. The lowest BCUT2D eigenvalue weighted by Crippen LogP contribution is -2.27. The molecule has 2 N–H and O–H groups in total. The van der Waals surface area contributed by atoms with Crippen molar-refractivity contribution < 1.29 is 4.74 Å². The Kier molecular flexibility index (Phi) is 6.57. The van der Waals surface area contributed by atoms with Gasteiger partial charge in [0.25, 0.3) is 0 Å². The fourth-order valence-electron chi connectivity index (χ4n) is 4.01. The third-order valence-corrected chi connectivity index (χ3v) is 5.71. The smallest absolute Gasteiger partial charge is 0.165 e. The van der Waals surface area contributed by atoms with Crippen molar-refractivity contribution in [1.29, 1.82) is 0 Å². The number of aryl methyl sites for hydroxylation is 1. The summed E-state index contributed by atoms with van der Waals surface area (Å²) in [4.78, 5) is 13.1. The second-order valence-corrected chi connectivity index (χ2v) is 7.87. The molecule has 2 aromatic carbocycles. The van der Waals surface area contributed by atoms with Gasteiger partial charge in [0, 0.05) is 0 Å². The average molecular weight is 416 g/mol. The number of aromatic nitrogens is 4. The molecule has 2 aromatic heterocycles. The van der Waals surface area contributed by atoms with Gasteiger partial charge < -0.3 is 15.0 Å². The Labute approximate surface area is 183 Å². The Bertz CT molecular complexity index is 1130.